The lowest BCUT2D eigenvalue weighted by Crippen LogP contribution is -2.11. The number of aryl methyl sites for hydroxylation is 1. The maximum Gasteiger partial charge on any atom is 0.344 e. The Bertz CT molecular complexity index is 957. The molecular weight excluding hydrogens is 302 g/mol. The number of nitrogens with one attached hydrogen (secondary N) is 1. The van der Waals surface area contributed by atoms with Crippen LogP contribution in [-0.2, 0) is 4.79 Å². The third-order valence-corrected chi connectivity index (χ3v) is 3.92. The highest BCUT2D eigenvalue weighted by Crippen LogP contribution is 2.26. The number of benzene rings is 2. The van der Waals surface area contributed by atoms with E-state index >= 15 is 0 Å². The lowest BCUT2D eigenvalue weighted by molar-refractivity contribution is -0.116. The summed E-state index contributed by atoms with van der Waals surface area (Å²) in [6.07, 6.45) is 1.30. The van der Waals surface area contributed by atoms with Crippen molar-refractivity contribution in [2.75, 3.05) is 5.32 Å². The largest absolute Gasteiger partial charge is 0.422 e. The molecule has 1 aromatic heterocycles. The summed E-state index contributed by atoms with van der Waals surface area (Å²) in [6, 6.07) is 14.8. The SMILES string of the molecule is CCCC(=O)Nc1ccc(-c2cc3ccccc3oc2=O)c(C)c1. The van der Waals surface area contributed by atoms with Gasteiger partial charge in [-0.05, 0) is 48.7 Å². The molecule has 0 aliphatic rings. The van der Waals surface area contributed by atoms with Gasteiger partial charge in [0.1, 0.15) is 5.58 Å². The number of rotatable bonds is 4. The molecule has 1 N–H and O–H groups in total. The number of fused-ring (bicyclic) bond motifs is 1. The predicted molar refractivity (Wildman–Crippen MR) is 96.2 cm³/mol. The van der Waals surface area contributed by atoms with E-state index in [2.05, 4.69) is 5.32 Å². The maximum absolute atomic E-state index is 12.3. The number of hydrogen-bond donors (Lipinski definition) is 1. The highest BCUT2D eigenvalue weighted by Gasteiger charge is 2.11. The minimum atomic E-state index is -0.362. The summed E-state index contributed by atoms with van der Waals surface area (Å²) < 4.78 is 5.40. The fourth-order valence-electron chi connectivity index (χ4n) is 2.74. The zero-order valence-corrected chi connectivity index (χ0v) is 13.8. The van der Waals surface area contributed by atoms with Crippen molar-refractivity contribution in [1.82, 2.24) is 0 Å². The smallest absolute Gasteiger partial charge is 0.344 e. The van der Waals surface area contributed by atoms with Gasteiger partial charge >= 0.3 is 5.63 Å². The van der Waals surface area contributed by atoms with Gasteiger partial charge in [0.2, 0.25) is 5.91 Å². The van der Waals surface area contributed by atoms with Crippen LogP contribution in [0, 0.1) is 6.92 Å². The number of para-hydroxylation sites is 1. The van der Waals surface area contributed by atoms with Gasteiger partial charge in [-0.1, -0.05) is 31.2 Å². The first kappa shape index (κ1) is 16.0. The van der Waals surface area contributed by atoms with Gasteiger partial charge in [-0.15, -0.1) is 0 Å². The van der Waals surface area contributed by atoms with Crippen LogP contribution in [0.25, 0.3) is 22.1 Å². The highest BCUT2D eigenvalue weighted by atomic mass is 16.4. The molecule has 0 aliphatic heterocycles. The van der Waals surface area contributed by atoms with Crippen molar-refractivity contribution in [2.24, 2.45) is 0 Å². The summed E-state index contributed by atoms with van der Waals surface area (Å²) in [5.41, 5.74) is 3.19. The second-order valence-electron chi connectivity index (χ2n) is 5.81. The molecule has 4 nitrogen and oxygen atoms in total. The molecule has 4 heteroatoms. The number of hydrogen-bond acceptors (Lipinski definition) is 3. The Morgan fingerprint density at radius 3 is 2.62 bits per heavy atom. The van der Waals surface area contributed by atoms with Crippen LogP contribution in [0.4, 0.5) is 5.69 Å². The molecule has 2 aromatic carbocycles. The standard InChI is InChI=1S/C20H19NO3/c1-3-6-19(22)21-15-9-10-16(13(2)11-15)17-12-14-7-4-5-8-18(14)24-20(17)23/h4-5,7-12H,3,6H2,1-2H3,(H,21,22). The van der Waals surface area contributed by atoms with Crippen molar-refractivity contribution in [3.05, 3.63) is 64.5 Å². The molecule has 0 unspecified atom stereocenters. The van der Waals surface area contributed by atoms with Crippen LogP contribution in [0.3, 0.4) is 0 Å². The van der Waals surface area contributed by atoms with Crippen LogP contribution >= 0.6 is 0 Å². The van der Waals surface area contributed by atoms with Crippen molar-refractivity contribution in [3.63, 3.8) is 0 Å². The predicted octanol–water partition coefficient (Wildman–Crippen LogP) is 4.51. The Kier molecular flexibility index (Phi) is 4.47. The van der Waals surface area contributed by atoms with Crippen LogP contribution < -0.4 is 10.9 Å². The number of carbonyl (C=O) groups is 1. The fraction of sp³-hybridized carbons (Fsp3) is 0.200. The zero-order chi connectivity index (χ0) is 17.1. The minimum Gasteiger partial charge on any atom is -0.422 e. The summed E-state index contributed by atoms with van der Waals surface area (Å²) in [4.78, 5) is 24.0. The van der Waals surface area contributed by atoms with Crippen molar-refractivity contribution in [3.8, 4) is 11.1 Å². The molecule has 0 bridgehead atoms. The minimum absolute atomic E-state index is 0.00475. The number of carbonyl (C=O) groups excluding carboxylic acids is 1. The summed E-state index contributed by atoms with van der Waals surface area (Å²) in [7, 11) is 0. The van der Waals surface area contributed by atoms with E-state index in [-0.39, 0.29) is 11.5 Å². The molecule has 0 saturated heterocycles. The molecular formula is C20H19NO3. The average Bonchev–Trinajstić information content (AvgIpc) is 2.55. The number of anilines is 1. The molecule has 0 radical (unpaired) electrons. The van der Waals surface area contributed by atoms with Crippen LogP contribution in [0.15, 0.2) is 57.7 Å². The first-order valence-electron chi connectivity index (χ1n) is 8.02. The molecule has 1 amide bonds. The lowest BCUT2D eigenvalue weighted by atomic mass is 10.0. The van der Waals surface area contributed by atoms with Crippen LogP contribution in [-0.4, -0.2) is 5.91 Å². The van der Waals surface area contributed by atoms with Crippen molar-refractivity contribution >= 4 is 22.6 Å². The van der Waals surface area contributed by atoms with Gasteiger partial charge in [0.05, 0.1) is 5.56 Å². The van der Waals surface area contributed by atoms with Gasteiger partial charge in [-0.3, -0.25) is 4.79 Å². The molecule has 0 aliphatic carbocycles. The third-order valence-electron chi connectivity index (χ3n) is 3.92. The van der Waals surface area contributed by atoms with E-state index in [0.717, 1.165) is 28.6 Å². The Morgan fingerprint density at radius 2 is 1.88 bits per heavy atom. The molecule has 0 atom stereocenters. The van der Waals surface area contributed by atoms with E-state index in [9.17, 15) is 9.59 Å². The van der Waals surface area contributed by atoms with E-state index < -0.39 is 0 Å². The molecule has 1 heterocycles. The summed E-state index contributed by atoms with van der Waals surface area (Å²) >= 11 is 0. The van der Waals surface area contributed by atoms with Gasteiger partial charge in [0, 0.05) is 17.5 Å². The normalized spacial score (nSPS) is 10.8. The van der Waals surface area contributed by atoms with Gasteiger partial charge in [0.15, 0.2) is 0 Å². The lowest BCUT2D eigenvalue weighted by Gasteiger charge is -2.10. The van der Waals surface area contributed by atoms with Crippen LogP contribution in [0.5, 0.6) is 0 Å². The Morgan fingerprint density at radius 1 is 1.08 bits per heavy atom. The Balaban J connectivity index is 1.99. The van der Waals surface area contributed by atoms with E-state index in [1.165, 1.54) is 0 Å². The molecule has 3 rings (SSSR count). The van der Waals surface area contributed by atoms with E-state index in [0.29, 0.717) is 17.6 Å². The highest BCUT2D eigenvalue weighted by molar-refractivity contribution is 5.91. The topological polar surface area (TPSA) is 59.3 Å². The van der Waals surface area contributed by atoms with E-state index in [4.69, 9.17) is 4.42 Å². The first-order valence-corrected chi connectivity index (χ1v) is 8.02. The molecule has 3 aromatic rings. The summed E-state index contributed by atoms with van der Waals surface area (Å²) in [5.74, 6) is -0.00475. The van der Waals surface area contributed by atoms with Crippen molar-refractivity contribution in [1.29, 1.82) is 0 Å². The number of amides is 1. The molecule has 0 spiro atoms. The van der Waals surface area contributed by atoms with Crippen LogP contribution in [0.2, 0.25) is 0 Å². The average molecular weight is 321 g/mol. The second kappa shape index (κ2) is 6.71. The van der Waals surface area contributed by atoms with Gasteiger partial charge < -0.3 is 9.73 Å². The second-order valence-corrected chi connectivity index (χ2v) is 5.81. The fourth-order valence-corrected chi connectivity index (χ4v) is 2.74. The van der Waals surface area contributed by atoms with Gasteiger partial charge in [-0.2, -0.15) is 0 Å². The van der Waals surface area contributed by atoms with Gasteiger partial charge in [-0.25, -0.2) is 4.79 Å². The third kappa shape index (κ3) is 3.23. The molecule has 24 heavy (non-hydrogen) atoms. The molecule has 0 fully saturated rings. The van der Waals surface area contributed by atoms with E-state index in [1.54, 1.807) is 6.07 Å². The Labute approximate surface area is 140 Å². The quantitative estimate of drug-likeness (QED) is 0.719. The summed E-state index contributed by atoms with van der Waals surface area (Å²) in [6.45, 7) is 3.88. The van der Waals surface area contributed by atoms with E-state index in [1.807, 2.05) is 56.3 Å². The monoisotopic (exact) mass is 321 g/mol. The first-order chi connectivity index (χ1) is 11.6. The Hall–Kier alpha value is -2.88. The van der Waals surface area contributed by atoms with Gasteiger partial charge in [0.25, 0.3) is 0 Å². The maximum atomic E-state index is 12.3. The van der Waals surface area contributed by atoms with Crippen molar-refractivity contribution < 1.29 is 9.21 Å². The zero-order valence-electron chi connectivity index (χ0n) is 13.8. The summed E-state index contributed by atoms with van der Waals surface area (Å²) in [5, 5.41) is 3.75. The molecule has 122 valence electrons. The van der Waals surface area contributed by atoms with Crippen LogP contribution in [0.1, 0.15) is 25.3 Å². The molecule has 0 saturated carbocycles. The van der Waals surface area contributed by atoms with Crippen molar-refractivity contribution in [2.45, 2.75) is 26.7 Å².